The largest absolute Gasteiger partial charge is 0.394 e. The van der Waals surface area contributed by atoms with Crippen molar-refractivity contribution >= 4 is 11.3 Å². The van der Waals surface area contributed by atoms with Crippen molar-refractivity contribution < 1.29 is 5.11 Å². The predicted molar refractivity (Wildman–Crippen MR) is 59.8 cm³/mol. The van der Waals surface area contributed by atoms with Gasteiger partial charge in [0.1, 0.15) is 5.01 Å². The number of aliphatic hydroxyl groups excluding tert-OH is 1. The first-order valence-corrected chi connectivity index (χ1v) is 5.85. The molecule has 0 amide bonds. The van der Waals surface area contributed by atoms with E-state index in [1.165, 1.54) is 0 Å². The molecular formula is C9H13N5OS. The lowest BCUT2D eigenvalue weighted by Gasteiger charge is -1.97. The lowest BCUT2D eigenvalue weighted by Crippen LogP contribution is -2.12. The molecule has 0 unspecified atom stereocenters. The first kappa shape index (κ1) is 11.2. The van der Waals surface area contributed by atoms with E-state index in [1.807, 2.05) is 11.6 Å². The molecule has 0 fully saturated rings. The van der Waals surface area contributed by atoms with Crippen molar-refractivity contribution in [3.8, 4) is 0 Å². The lowest BCUT2D eigenvalue weighted by atomic mass is 10.4. The lowest BCUT2D eigenvalue weighted by molar-refractivity contribution is 0.268. The molecule has 7 heteroatoms. The number of hydrogen-bond acceptors (Lipinski definition) is 6. The molecule has 0 bridgehead atoms. The van der Waals surface area contributed by atoms with Gasteiger partial charge in [0.05, 0.1) is 18.8 Å². The number of nitrogens with one attached hydrogen (secondary N) is 1. The van der Waals surface area contributed by atoms with Gasteiger partial charge in [-0.3, -0.25) is 0 Å². The Kier molecular flexibility index (Phi) is 3.97. The maximum atomic E-state index is 8.72. The SMILES string of the molecule is OCCn1cc(CNCc2nccs2)nn1. The van der Waals surface area contributed by atoms with Gasteiger partial charge in [-0.25, -0.2) is 9.67 Å². The molecule has 2 aromatic rings. The Bertz CT molecular complexity index is 413. The van der Waals surface area contributed by atoms with Gasteiger partial charge in [-0.1, -0.05) is 5.21 Å². The van der Waals surface area contributed by atoms with Crippen LogP contribution < -0.4 is 5.32 Å². The molecule has 0 saturated carbocycles. The molecule has 2 N–H and O–H groups in total. The van der Waals surface area contributed by atoms with E-state index in [1.54, 1.807) is 22.2 Å². The van der Waals surface area contributed by atoms with E-state index in [-0.39, 0.29) is 6.61 Å². The zero-order valence-corrected chi connectivity index (χ0v) is 9.52. The fraction of sp³-hybridized carbons (Fsp3) is 0.444. The molecule has 0 atom stereocenters. The second kappa shape index (κ2) is 5.69. The van der Waals surface area contributed by atoms with Gasteiger partial charge in [0.2, 0.25) is 0 Å². The minimum absolute atomic E-state index is 0.0787. The highest BCUT2D eigenvalue weighted by atomic mass is 32.1. The molecule has 0 aromatic carbocycles. The summed E-state index contributed by atoms with van der Waals surface area (Å²) in [5.74, 6) is 0. The topological polar surface area (TPSA) is 75.9 Å². The molecule has 0 aliphatic heterocycles. The smallest absolute Gasteiger partial charge is 0.106 e. The molecule has 6 nitrogen and oxygen atoms in total. The fourth-order valence-electron chi connectivity index (χ4n) is 1.27. The number of rotatable bonds is 6. The molecule has 0 saturated heterocycles. The predicted octanol–water partition coefficient (Wildman–Crippen LogP) is 0.0167. The monoisotopic (exact) mass is 239 g/mol. The van der Waals surface area contributed by atoms with Gasteiger partial charge >= 0.3 is 0 Å². The van der Waals surface area contributed by atoms with Crippen molar-refractivity contribution in [1.29, 1.82) is 0 Å². The van der Waals surface area contributed by atoms with E-state index < -0.39 is 0 Å². The Labute approximate surface area is 96.9 Å². The Morgan fingerprint density at radius 3 is 3.12 bits per heavy atom. The minimum atomic E-state index is 0.0787. The molecule has 86 valence electrons. The van der Waals surface area contributed by atoms with Gasteiger partial charge in [0.15, 0.2) is 0 Å². The maximum Gasteiger partial charge on any atom is 0.106 e. The van der Waals surface area contributed by atoms with Crippen molar-refractivity contribution in [2.75, 3.05) is 6.61 Å². The third-order valence-electron chi connectivity index (χ3n) is 1.98. The number of nitrogens with zero attached hydrogens (tertiary/aromatic N) is 4. The van der Waals surface area contributed by atoms with Crippen LogP contribution in [0.15, 0.2) is 17.8 Å². The van der Waals surface area contributed by atoms with Crippen LogP contribution in [0.4, 0.5) is 0 Å². The Balaban J connectivity index is 1.76. The van der Waals surface area contributed by atoms with Crippen molar-refractivity contribution in [3.05, 3.63) is 28.5 Å². The molecule has 0 radical (unpaired) electrons. The second-order valence-corrected chi connectivity index (χ2v) is 4.21. The van der Waals surface area contributed by atoms with Crippen LogP contribution in [0, 0.1) is 0 Å². The number of aliphatic hydroxyl groups is 1. The summed E-state index contributed by atoms with van der Waals surface area (Å²) in [6.07, 6.45) is 3.62. The minimum Gasteiger partial charge on any atom is -0.394 e. The summed E-state index contributed by atoms with van der Waals surface area (Å²) in [4.78, 5) is 4.16. The molecule has 0 spiro atoms. The van der Waals surface area contributed by atoms with E-state index in [4.69, 9.17) is 5.11 Å². The van der Waals surface area contributed by atoms with E-state index in [9.17, 15) is 0 Å². The van der Waals surface area contributed by atoms with E-state index in [0.717, 1.165) is 17.2 Å². The molecule has 0 aliphatic rings. The molecule has 2 rings (SSSR count). The van der Waals surface area contributed by atoms with Crippen LogP contribution in [0.1, 0.15) is 10.7 Å². The van der Waals surface area contributed by atoms with Crippen LogP contribution >= 0.6 is 11.3 Å². The molecule has 2 aromatic heterocycles. The summed E-state index contributed by atoms with van der Waals surface area (Å²) in [5.41, 5.74) is 0.866. The standard InChI is InChI=1S/C9H13N5OS/c15-3-2-14-7-8(12-13-14)5-10-6-9-11-1-4-16-9/h1,4,7,10,15H,2-3,5-6H2. The fourth-order valence-corrected chi connectivity index (χ4v) is 1.85. The highest BCUT2D eigenvalue weighted by Crippen LogP contribution is 2.03. The van der Waals surface area contributed by atoms with Gasteiger partial charge in [0, 0.05) is 30.9 Å². The zero-order valence-electron chi connectivity index (χ0n) is 8.70. The first-order chi connectivity index (χ1) is 7.88. The molecular weight excluding hydrogens is 226 g/mol. The summed E-state index contributed by atoms with van der Waals surface area (Å²) >= 11 is 1.62. The van der Waals surface area contributed by atoms with Gasteiger partial charge in [-0.15, -0.1) is 16.4 Å². The summed E-state index contributed by atoms with van der Waals surface area (Å²) in [7, 11) is 0. The van der Waals surface area contributed by atoms with Crippen LogP contribution in [0.5, 0.6) is 0 Å². The van der Waals surface area contributed by atoms with Crippen LogP contribution in [0.2, 0.25) is 0 Å². The molecule has 2 heterocycles. The van der Waals surface area contributed by atoms with Gasteiger partial charge < -0.3 is 10.4 Å². The van der Waals surface area contributed by atoms with Crippen molar-refractivity contribution in [3.63, 3.8) is 0 Å². The highest BCUT2D eigenvalue weighted by molar-refractivity contribution is 7.09. The summed E-state index contributed by atoms with van der Waals surface area (Å²) in [6, 6.07) is 0. The number of thiazole rings is 1. The van der Waals surface area contributed by atoms with E-state index in [2.05, 4.69) is 20.6 Å². The highest BCUT2D eigenvalue weighted by Gasteiger charge is 2.00. The average Bonchev–Trinajstić information content (AvgIpc) is 2.90. The van der Waals surface area contributed by atoms with Crippen LogP contribution in [0.25, 0.3) is 0 Å². The summed E-state index contributed by atoms with van der Waals surface area (Å²) in [6.45, 7) is 1.96. The van der Waals surface area contributed by atoms with Crippen LogP contribution in [-0.2, 0) is 19.6 Å². The number of hydrogen-bond donors (Lipinski definition) is 2. The van der Waals surface area contributed by atoms with Gasteiger partial charge in [0.25, 0.3) is 0 Å². The molecule has 0 aliphatic carbocycles. The second-order valence-electron chi connectivity index (χ2n) is 3.23. The Morgan fingerprint density at radius 2 is 2.38 bits per heavy atom. The summed E-state index contributed by atoms with van der Waals surface area (Å²) < 4.78 is 1.63. The third kappa shape index (κ3) is 3.09. The quantitative estimate of drug-likeness (QED) is 0.743. The number of aromatic nitrogens is 4. The zero-order chi connectivity index (χ0) is 11.2. The van der Waals surface area contributed by atoms with Crippen molar-refractivity contribution in [2.45, 2.75) is 19.6 Å². The first-order valence-electron chi connectivity index (χ1n) is 4.97. The van der Waals surface area contributed by atoms with Crippen molar-refractivity contribution in [2.24, 2.45) is 0 Å². The van der Waals surface area contributed by atoms with Crippen LogP contribution in [-0.4, -0.2) is 31.7 Å². The van der Waals surface area contributed by atoms with Crippen molar-refractivity contribution in [1.82, 2.24) is 25.3 Å². The third-order valence-corrected chi connectivity index (χ3v) is 2.76. The molecule has 16 heavy (non-hydrogen) atoms. The Hall–Kier alpha value is -1.31. The van der Waals surface area contributed by atoms with Crippen LogP contribution in [0.3, 0.4) is 0 Å². The maximum absolute atomic E-state index is 8.72. The van der Waals surface area contributed by atoms with Gasteiger partial charge in [-0.05, 0) is 0 Å². The average molecular weight is 239 g/mol. The van der Waals surface area contributed by atoms with Gasteiger partial charge in [-0.2, -0.15) is 0 Å². The normalized spacial score (nSPS) is 10.8. The summed E-state index contributed by atoms with van der Waals surface area (Å²) in [5, 5.41) is 22.8. The van der Waals surface area contributed by atoms with E-state index >= 15 is 0 Å². The Morgan fingerprint density at radius 1 is 1.44 bits per heavy atom. The van der Waals surface area contributed by atoms with E-state index in [0.29, 0.717) is 13.1 Å².